The Labute approximate surface area is 117 Å². The molecule has 0 bridgehead atoms. The molecule has 0 atom stereocenters. The van der Waals surface area contributed by atoms with E-state index in [1.165, 1.54) is 6.08 Å². The Morgan fingerprint density at radius 1 is 1.40 bits per heavy atom. The third-order valence-electron chi connectivity index (χ3n) is 2.86. The first-order valence-corrected chi connectivity index (χ1v) is 6.53. The van der Waals surface area contributed by atoms with Crippen LogP contribution in [0.25, 0.3) is 6.08 Å². The highest BCUT2D eigenvalue weighted by molar-refractivity contribution is 5.86. The van der Waals surface area contributed by atoms with Gasteiger partial charge in [-0.25, -0.2) is 4.79 Å². The van der Waals surface area contributed by atoms with E-state index in [1.807, 2.05) is 0 Å². The van der Waals surface area contributed by atoms with E-state index in [2.05, 4.69) is 13.8 Å². The first-order chi connectivity index (χ1) is 9.56. The second kappa shape index (κ2) is 6.32. The van der Waals surface area contributed by atoms with Crippen LogP contribution in [0.2, 0.25) is 0 Å². The number of carbonyl (C=O) groups is 1. The lowest BCUT2D eigenvalue weighted by Gasteiger charge is -2.11. The van der Waals surface area contributed by atoms with Gasteiger partial charge in [-0.1, -0.05) is 13.8 Å². The van der Waals surface area contributed by atoms with E-state index in [4.69, 9.17) is 19.3 Å². The van der Waals surface area contributed by atoms with Gasteiger partial charge in [-0.05, 0) is 24.5 Å². The molecule has 0 saturated carbocycles. The van der Waals surface area contributed by atoms with E-state index in [1.54, 1.807) is 12.1 Å². The molecule has 108 valence electrons. The van der Waals surface area contributed by atoms with Crippen LogP contribution in [0.15, 0.2) is 18.2 Å². The molecule has 0 aromatic heterocycles. The van der Waals surface area contributed by atoms with Gasteiger partial charge < -0.3 is 19.3 Å². The van der Waals surface area contributed by atoms with Crippen molar-refractivity contribution in [2.24, 2.45) is 5.92 Å². The number of rotatable bonds is 6. The quantitative estimate of drug-likeness (QED) is 0.810. The van der Waals surface area contributed by atoms with Crippen LogP contribution in [0.4, 0.5) is 0 Å². The Bertz CT molecular complexity index is 519. The van der Waals surface area contributed by atoms with Gasteiger partial charge >= 0.3 is 5.97 Å². The van der Waals surface area contributed by atoms with Gasteiger partial charge in [0.05, 0.1) is 6.61 Å². The summed E-state index contributed by atoms with van der Waals surface area (Å²) < 4.78 is 16.3. The maximum absolute atomic E-state index is 10.6. The molecule has 5 heteroatoms. The summed E-state index contributed by atoms with van der Waals surface area (Å²) in [6.45, 7) is 4.99. The van der Waals surface area contributed by atoms with Gasteiger partial charge in [0.2, 0.25) is 6.79 Å². The van der Waals surface area contributed by atoms with Crippen molar-refractivity contribution in [1.82, 2.24) is 0 Å². The Hall–Kier alpha value is -2.17. The van der Waals surface area contributed by atoms with Crippen LogP contribution in [-0.2, 0) is 4.79 Å². The topological polar surface area (TPSA) is 65.0 Å². The molecule has 0 spiro atoms. The number of carboxylic acids is 1. The molecule has 0 fully saturated rings. The first kappa shape index (κ1) is 14.2. The summed E-state index contributed by atoms with van der Waals surface area (Å²) in [7, 11) is 0. The van der Waals surface area contributed by atoms with E-state index in [0.717, 1.165) is 12.5 Å². The van der Waals surface area contributed by atoms with Crippen LogP contribution < -0.4 is 14.2 Å². The molecule has 0 amide bonds. The zero-order chi connectivity index (χ0) is 14.5. The van der Waals surface area contributed by atoms with Crippen molar-refractivity contribution >= 4 is 12.0 Å². The number of carboxylic acid groups (broad SMARTS) is 1. The highest BCUT2D eigenvalue weighted by Crippen LogP contribution is 2.38. The van der Waals surface area contributed by atoms with Crippen LogP contribution in [0, 0.1) is 5.92 Å². The van der Waals surface area contributed by atoms with Crippen molar-refractivity contribution in [3.63, 3.8) is 0 Å². The van der Waals surface area contributed by atoms with Crippen LogP contribution in [0.1, 0.15) is 25.8 Å². The summed E-state index contributed by atoms with van der Waals surface area (Å²) in [4.78, 5) is 10.6. The first-order valence-electron chi connectivity index (χ1n) is 6.53. The molecule has 1 N–H and O–H groups in total. The van der Waals surface area contributed by atoms with Gasteiger partial charge in [0.15, 0.2) is 11.5 Å². The molecular formula is C15H18O5. The number of hydrogen-bond acceptors (Lipinski definition) is 4. The number of aliphatic carboxylic acids is 1. The van der Waals surface area contributed by atoms with Gasteiger partial charge in [0.1, 0.15) is 5.75 Å². The van der Waals surface area contributed by atoms with Gasteiger partial charge in [0.25, 0.3) is 0 Å². The van der Waals surface area contributed by atoms with Crippen molar-refractivity contribution < 1.29 is 24.1 Å². The minimum Gasteiger partial charge on any atom is -0.493 e. The van der Waals surface area contributed by atoms with Gasteiger partial charge in [0, 0.05) is 17.7 Å². The molecule has 20 heavy (non-hydrogen) atoms. The number of ether oxygens (including phenoxy) is 3. The van der Waals surface area contributed by atoms with E-state index in [9.17, 15) is 4.79 Å². The fourth-order valence-electron chi connectivity index (χ4n) is 1.76. The third kappa shape index (κ3) is 3.66. The minimum atomic E-state index is -1.00. The summed E-state index contributed by atoms with van der Waals surface area (Å²) in [5.41, 5.74) is 0.667. The molecule has 5 nitrogen and oxygen atoms in total. The zero-order valence-electron chi connectivity index (χ0n) is 11.6. The third-order valence-corrected chi connectivity index (χ3v) is 2.86. The van der Waals surface area contributed by atoms with Gasteiger partial charge in [-0.2, -0.15) is 0 Å². The largest absolute Gasteiger partial charge is 0.493 e. The summed E-state index contributed by atoms with van der Waals surface area (Å²) in [6, 6.07) is 3.47. The number of hydrogen-bond donors (Lipinski definition) is 1. The molecule has 0 unspecified atom stereocenters. The standard InChI is InChI=1S/C15H18O5/c1-10(2)5-6-18-12-8-14-13(19-9-20-14)7-11(12)3-4-15(16)17/h3-4,7-8,10H,5-6,9H2,1-2H3,(H,16,17). The van der Waals surface area contributed by atoms with E-state index >= 15 is 0 Å². The van der Waals surface area contributed by atoms with Crippen LogP contribution in [0.5, 0.6) is 17.2 Å². The van der Waals surface area contributed by atoms with Crippen molar-refractivity contribution in [3.8, 4) is 17.2 Å². The average Bonchev–Trinajstić information content (AvgIpc) is 2.82. The predicted octanol–water partition coefficient (Wildman–Crippen LogP) is 2.94. The van der Waals surface area contributed by atoms with Crippen molar-refractivity contribution in [3.05, 3.63) is 23.8 Å². The second-order valence-corrected chi connectivity index (χ2v) is 4.95. The van der Waals surface area contributed by atoms with Gasteiger partial charge in [-0.3, -0.25) is 0 Å². The van der Waals surface area contributed by atoms with E-state index in [-0.39, 0.29) is 6.79 Å². The number of benzene rings is 1. The molecule has 1 aliphatic heterocycles. The minimum absolute atomic E-state index is 0.173. The molecular weight excluding hydrogens is 260 g/mol. The zero-order valence-corrected chi connectivity index (χ0v) is 11.6. The Balaban J connectivity index is 2.20. The highest BCUT2D eigenvalue weighted by Gasteiger charge is 2.17. The van der Waals surface area contributed by atoms with Crippen molar-refractivity contribution in [2.75, 3.05) is 13.4 Å². The maximum atomic E-state index is 10.6. The number of fused-ring (bicyclic) bond motifs is 1. The summed E-state index contributed by atoms with van der Waals surface area (Å²) in [5, 5.41) is 8.72. The van der Waals surface area contributed by atoms with Crippen LogP contribution >= 0.6 is 0 Å². The van der Waals surface area contributed by atoms with Crippen LogP contribution in [0.3, 0.4) is 0 Å². The smallest absolute Gasteiger partial charge is 0.328 e. The summed E-state index contributed by atoms with van der Waals surface area (Å²) in [6.07, 6.45) is 3.50. The van der Waals surface area contributed by atoms with Gasteiger partial charge in [-0.15, -0.1) is 0 Å². The molecule has 1 aromatic rings. The highest BCUT2D eigenvalue weighted by atomic mass is 16.7. The molecule has 0 aliphatic carbocycles. The lowest BCUT2D eigenvalue weighted by Crippen LogP contribution is -2.02. The average molecular weight is 278 g/mol. The SMILES string of the molecule is CC(C)CCOc1cc2c(cc1C=CC(=O)O)OCO2. The molecule has 2 rings (SSSR count). The molecule has 1 aliphatic rings. The molecule has 0 saturated heterocycles. The Kier molecular flexibility index (Phi) is 4.50. The second-order valence-electron chi connectivity index (χ2n) is 4.95. The normalized spacial score (nSPS) is 13.2. The summed E-state index contributed by atoms with van der Waals surface area (Å²) in [5.74, 6) is 1.37. The fourth-order valence-corrected chi connectivity index (χ4v) is 1.76. The fraction of sp³-hybridized carbons (Fsp3) is 0.400. The molecule has 1 heterocycles. The maximum Gasteiger partial charge on any atom is 0.328 e. The van der Waals surface area contributed by atoms with Crippen LogP contribution in [-0.4, -0.2) is 24.5 Å². The summed E-state index contributed by atoms with van der Waals surface area (Å²) >= 11 is 0. The van der Waals surface area contributed by atoms with Crippen molar-refractivity contribution in [1.29, 1.82) is 0 Å². The van der Waals surface area contributed by atoms with E-state index < -0.39 is 5.97 Å². The molecule has 1 aromatic carbocycles. The lowest BCUT2D eigenvalue weighted by molar-refractivity contribution is -0.131. The monoisotopic (exact) mass is 278 g/mol. The molecule has 0 radical (unpaired) electrons. The van der Waals surface area contributed by atoms with Crippen molar-refractivity contribution in [2.45, 2.75) is 20.3 Å². The lowest BCUT2D eigenvalue weighted by atomic mass is 10.1. The Morgan fingerprint density at radius 3 is 2.75 bits per heavy atom. The predicted molar refractivity (Wildman–Crippen MR) is 74.2 cm³/mol. The Morgan fingerprint density at radius 2 is 2.10 bits per heavy atom. The van der Waals surface area contributed by atoms with E-state index in [0.29, 0.717) is 35.3 Å².